The van der Waals surface area contributed by atoms with Crippen molar-refractivity contribution in [2.24, 2.45) is 0 Å². The number of furan rings is 1. The lowest BCUT2D eigenvalue weighted by Gasteiger charge is -2.26. The summed E-state index contributed by atoms with van der Waals surface area (Å²) in [5, 5.41) is 6.53. The molecule has 5 nitrogen and oxygen atoms in total. The number of rotatable bonds is 6. The summed E-state index contributed by atoms with van der Waals surface area (Å²) in [6.45, 7) is 0. The summed E-state index contributed by atoms with van der Waals surface area (Å²) in [4.78, 5) is 17.7. The quantitative estimate of drug-likeness (QED) is 0.171. The second kappa shape index (κ2) is 12.8. The van der Waals surface area contributed by atoms with Gasteiger partial charge in [-0.15, -0.1) is 11.3 Å². The van der Waals surface area contributed by atoms with E-state index in [9.17, 15) is 0 Å². The standard InChI is InChI=1S/C49H30N4OS/c1-4-16-31(17-5-1)47-50-48(32-18-6-2-7-19-32)52-49(51-47)38-30-39-44-40(26-15-28-42(44)54-45(39)36-24-11-10-22-34(36)38)53(33-20-8-3-9-21-33)41-27-14-25-37-35-23-12-13-29-43(35)55-46(37)41/h1-30H. The second-order valence-electron chi connectivity index (χ2n) is 13.6. The Morgan fingerprint density at radius 1 is 0.436 bits per heavy atom. The van der Waals surface area contributed by atoms with Crippen LogP contribution in [0, 0.1) is 0 Å². The van der Waals surface area contributed by atoms with Gasteiger partial charge in [0, 0.05) is 48.6 Å². The zero-order valence-electron chi connectivity index (χ0n) is 29.4. The number of hydrogen-bond donors (Lipinski definition) is 0. The van der Waals surface area contributed by atoms with Crippen molar-refractivity contribution in [3.8, 4) is 34.2 Å². The lowest BCUT2D eigenvalue weighted by Crippen LogP contribution is -2.10. The van der Waals surface area contributed by atoms with Gasteiger partial charge >= 0.3 is 0 Å². The van der Waals surface area contributed by atoms with Crippen LogP contribution in [0.3, 0.4) is 0 Å². The molecule has 0 aliphatic heterocycles. The first-order valence-corrected chi connectivity index (χ1v) is 19.1. The summed E-state index contributed by atoms with van der Waals surface area (Å²) < 4.78 is 9.36. The molecule has 0 N–H and O–H groups in total. The summed E-state index contributed by atoms with van der Waals surface area (Å²) in [6, 6.07) is 63.1. The van der Waals surface area contributed by atoms with Crippen LogP contribution in [-0.4, -0.2) is 15.0 Å². The van der Waals surface area contributed by atoms with Crippen molar-refractivity contribution in [3.63, 3.8) is 0 Å². The monoisotopic (exact) mass is 722 g/mol. The average molecular weight is 723 g/mol. The maximum absolute atomic E-state index is 6.86. The van der Waals surface area contributed by atoms with Gasteiger partial charge in [-0.25, -0.2) is 15.0 Å². The zero-order chi connectivity index (χ0) is 36.3. The minimum atomic E-state index is 0.604. The molecule has 0 aliphatic rings. The third kappa shape index (κ3) is 5.18. The Morgan fingerprint density at radius 3 is 1.73 bits per heavy atom. The number of nitrogens with zero attached hydrogens (tertiary/aromatic N) is 4. The minimum Gasteiger partial charge on any atom is -0.455 e. The lowest BCUT2D eigenvalue weighted by molar-refractivity contribution is 0.672. The Kier molecular flexibility index (Phi) is 7.28. The van der Waals surface area contributed by atoms with E-state index in [0.29, 0.717) is 17.5 Å². The summed E-state index contributed by atoms with van der Waals surface area (Å²) in [5.74, 6) is 1.85. The molecule has 11 rings (SSSR count). The molecule has 0 amide bonds. The maximum Gasteiger partial charge on any atom is 0.164 e. The number of fused-ring (bicyclic) bond motifs is 8. The highest BCUT2D eigenvalue weighted by atomic mass is 32.1. The predicted octanol–water partition coefficient (Wildman–Crippen LogP) is 13.8. The van der Waals surface area contributed by atoms with Crippen molar-refractivity contribution in [3.05, 3.63) is 182 Å². The van der Waals surface area contributed by atoms with Crippen LogP contribution in [0.4, 0.5) is 17.1 Å². The first-order chi connectivity index (χ1) is 27.3. The Hall–Kier alpha value is -7.15. The highest BCUT2D eigenvalue weighted by molar-refractivity contribution is 7.26. The van der Waals surface area contributed by atoms with Gasteiger partial charge in [0.1, 0.15) is 11.2 Å². The Morgan fingerprint density at radius 2 is 1.00 bits per heavy atom. The minimum absolute atomic E-state index is 0.604. The van der Waals surface area contributed by atoms with Crippen LogP contribution in [0.1, 0.15) is 0 Å². The van der Waals surface area contributed by atoms with E-state index < -0.39 is 0 Å². The van der Waals surface area contributed by atoms with Gasteiger partial charge < -0.3 is 9.32 Å². The van der Waals surface area contributed by atoms with Crippen LogP contribution >= 0.6 is 11.3 Å². The van der Waals surface area contributed by atoms with E-state index in [4.69, 9.17) is 19.4 Å². The van der Waals surface area contributed by atoms with Crippen LogP contribution in [0.5, 0.6) is 0 Å². The van der Waals surface area contributed by atoms with E-state index in [1.807, 2.05) is 72.0 Å². The molecule has 0 bridgehead atoms. The molecule has 6 heteroatoms. The topological polar surface area (TPSA) is 55.1 Å². The second-order valence-corrected chi connectivity index (χ2v) is 14.6. The molecule has 0 aliphatic carbocycles. The molecule has 8 aromatic carbocycles. The number of benzene rings is 8. The molecule has 0 saturated carbocycles. The van der Waals surface area contributed by atoms with Crippen LogP contribution in [0.2, 0.25) is 0 Å². The fourth-order valence-electron chi connectivity index (χ4n) is 7.82. The maximum atomic E-state index is 6.86. The first-order valence-electron chi connectivity index (χ1n) is 18.3. The van der Waals surface area contributed by atoms with Gasteiger partial charge in [-0.3, -0.25) is 0 Å². The molecule has 0 atom stereocenters. The summed E-state index contributed by atoms with van der Waals surface area (Å²) in [6.07, 6.45) is 0. The van der Waals surface area contributed by atoms with Crippen LogP contribution in [0.25, 0.3) is 87.0 Å². The lowest BCUT2D eigenvalue weighted by atomic mass is 9.98. The molecule has 3 heterocycles. The fraction of sp³-hybridized carbons (Fsp3) is 0. The highest BCUT2D eigenvalue weighted by Gasteiger charge is 2.24. The average Bonchev–Trinajstić information content (AvgIpc) is 3.84. The van der Waals surface area contributed by atoms with Crippen LogP contribution < -0.4 is 4.90 Å². The zero-order valence-corrected chi connectivity index (χ0v) is 30.2. The van der Waals surface area contributed by atoms with Gasteiger partial charge in [-0.2, -0.15) is 0 Å². The third-order valence-electron chi connectivity index (χ3n) is 10.3. The van der Waals surface area contributed by atoms with Crippen LogP contribution in [-0.2, 0) is 0 Å². The number of hydrogen-bond acceptors (Lipinski definition) is 6. The largest absolute Gasteiger partial charge is 0.455 e. The molecule has 0 saturated heterocycles. The number of anilines is 3. The Labute approximate surface area is 320 Å². The molecule has 258 valence electrons. The van der Waals surface area contributed by atoms with Crippen molar-refractivity contribution in [2.45, 2.75) is 0 Å². The molecule has 0 radical (unpaired) electrons. The van der Waals surface area contributed by atoms with Crippen molar-refractivity contribution in [1.29, 1.82) is 0 Å². The summed E-state index contributed by atoms with van der Waals surface area (Å²) >= 11 is 1.83. The van der Waals surface area contributed by atoms with Crippen molar-refractivity contribution in [2.75, 3.05) is 4.90 Å². The first kappa shape index (κ1) is 31.4. The van der Waals surface area contributed by atoms with Crippen molar-refractivity contribution < 1.29 is 4.42 Å². The van der Waals surface area contributed by atoms with E-state index in [1.54, 1.807) is 0 Å². The van der Waals surface area contributed by atoms with E-state index in [2.05, 4.69) is 126 Å². The van der Waals surface area contributed by atoms with Gasteiger partial charge in [-0.1, -0.05) is 140 Å². The van der Waals surface area contributed by atoms with Crippen LogP contribution in [0.15, 0.2) is 186 Å². The molecule has 11 aromatic rings. The normalized spacial score (nSPS) is 11.6. The van der Waals surface area contributed by atoms with E-state index >= 15 is 0 Å². The Bertz CT molecular complexity index is 3150. The van der Waals surface area contributed by atoms with Gasteiger partial charge in [0.15, 0.2) is 17.5 Å². The van der Waals surface area contributed by atoms with Gasteiger partial charge in [0.25, 0.3) is 0 Å². The molecule has 0 unspecified atom stereocenters. The third-order valence-corrected chi connectivity index (χ3v) is 11.5. The number of aromatic nitrogens is 3. The number of thiophene rings is 1. The Balaban J connectivity index is 1.21. The van der Waals surface area contributed by atoms with E-state index in [0.717, 1.165) is 66.5 Å². The molecular weight excluding hydrogens is 693 g/mol. The molecule has 0 spiro atoms. The molecular formula is C49H30N4OS. The number of para-hydroxylation sites is 1. The van der Waals surface area contributed by atoms with Crippen molar-refractivity contribution >= 4 is 81.3 Å². The smallest absolute Gasteiger partial charge is 0.164 e. The van der Waals surface area contributed by atoms with E-state index in [-0.39, 0.29) is 0 Å². The predicted molar refractivity (Wildman–Crippen MR) is 228 cm³/mol. The SMILES string of the molecule is c1ccc(-c2nc(-c3ccccc3)nc(-c3cc4c(oc5cccc(N(c6ccccc6)c6cccc7c6sc6ccccc67)c54)c4ccccc34)n2)cc1. The summed E-state index contributed by atoms with van der Waals surface area (Å²) in [7, 11) is 0. The highest BCUT2D eigenvalue weighted by Crippen LogP contribution is 2.49. The molecule has 3 aromatic heterocycles. The van der Waals surface area contributed by atoms with E-state index in [1.165, 1.54) is 20.2 Å². The molecule has 55 heavy (non-hydrogen) atoms. The van der Waals surface area contributed by atoms with Gasteiger partial charge in [0.05, 0.1) is 21.5 Å². The fourth-order valence-corrected chi connectivity index (χ4v) is 9.03. The summed E-state index contributed by atoms with van der Waals surface area (Å²) in [5.41, 5.74) is 7.62. The van der Waals surface area contributed by atoms with Gasteiger partial charge in [0.2, 0.25) is 0 Å². The van der Waals surface area contributed by atoms with Gasteiger partial charge in [-0.05, 0) is 47.9 Å². The van der Waals surface area contributed by atoms with Crippen molar-refractivity contribution in [1.82, 2.24) is 15.0 Å². The molecule has 0 fully saturated rings.